The van der Waals surface area contributed by atoms with E-state index < -0.39 is 18.0 Å². The maximum absolute atomic E-state index is 13.0. The summed E-state index contributed by atoms with van der Waals surface area (Å²) in [5.74, 6) is 5.74. The molecule has 0 fully saturated rings. The first-order valence-corrected chi connectivity index (χ1v) is 13.6. The molecule has 0 radical (unpaired) electrons. The maximum Gasteiger partial charge on any atom is 0.411 e. The number of fused-ring (bicyclic) bond motifs is 4. The number of methoxy groups -OCH3 is 1. The number of hydrogen-bond donors (Lipinski definition) is 4. The lowest BCUT2D eigenvalue weighted by atomic mass is 10.1. The van der Waals surface area contributed by atoms with Crippen LogP contribution >= 0.6 is 11.6 Å². The minimum absolute atomic E-state index is 0.131. The van der Waals surface area contributed by atoms with E-state index in [2.05, 4.69) is 47.8 Å². The zero-order chi connectivity index (χ0) is 30.8. The summed E-state index contributed by atoms with van der Waals surface area (Å²) < 4.78 is 10.6. The second kappa shape index (κ2) is 14.7. The van der Waals surface area contributed by atoms with Gasteiger partial charge < -0.3 is 19.8 Å². The monoisotopic (exact) mass is 607 g/mol. The molecule has 0 aliphatic carbocycles. The minimum atomic E-state index is -0.658. The fraction of sp³-hybridized carbons (Fsp3) is 0.250. The van der Waals surface area contributed by atoms with Crippen molar-refractivity contribution >= 4 is 65.7 Å². The highest BCUT2D eigenvalue weighted by Crippen LogP contribution is 2.32. The summed E-state index contributed by atoms with van der Waals surface area (Å²) >= 11 is 6.17. The lowest BCUT2D eigenvalue weighted by Gasteiger charge is -2.16. The summed E-state index contributed by atoms with van der Waals surface area (Å²) in [6, 6.07) is 9.20. The second-order valence-electron chi connectivity index (χ2n) is 9.35. The molecule has 15 heteroatoms. The molecule has 4 rings (SSSR count). The minimum Gasteiger partial charge on any atom is -0.453 e. The first kappa shape index (κ1) is 30.9. The number of nitrogens with two attached hydrogens (primary N) is 1. The standard InChI is InChI=1S/C28H30ClN9O5/c1-31-32-16-38(30)23-12-9-18(29)14-17(23)8-13-25(40)34-21-6-4-3-5-7-24(39)35-22-15-19(33-28(41)42-2)10-11-20(22)26-36-37-27(21)43-26/h8-16,21H,1,3-7,30H2,2H3,(H,33,41)(H,34,40)(H,35,39)/b13-8+,32-16-/t21-/m0/s1. The van der Waals surface area contributed by atoms with Gasteiger partial charge in [0.25, 0.3) is 0 Å². The first-order valence-electron chi connectivity index (χ1n) is 13.2. The second-order valence-corrected chi connectivity index (χ2v) is 9.78. The van der Waals surface area contributed by atoms with Gasteiger partial charge in [-0.1, -0.05) is 24.4 Å². The number of anilines is 3. The number of nitrogens with one attached hydrogen (secondary N) is 3. The molecular formula is C28H30ClN9O5. The number of benzene rings is 2. The van der Waals surface area contributed by atoms with Gasteiger partial charge in [0.05, 0.1) is 24.0 Å². The van der Waals surface area contributed by atoms with Gasteiger partial charge >= 0.3 is 6.09 Å². The summed E-state index contributed by atoms with van der Waals surface area (Å²) in [5, 5.41) is 25.4. The zero-order valence-corrected chi connectivity index (χ0v) is 24.0. The number of nitrogens with zero attached hydrogens (tertiary/aromatic N) is 5. The highest BCUT2D eigenvalue weighted by molar-refractivity contribution is 6.30. The van der Waals surface area contributed by atoms with Crippen molar-refractivity contribution in [3.63, 3.8) is 0 Å². The van der Waals surface area contributed by atoms with Crippen LogP contribution in [0.15, 0.2) is 57.1 Å². The lowest BCUT2D eigenvalue weighted by molar-refractivity contribution is -0.117. The van der Waals surface area contributed by atoms with Gasteiger partial charge in [0.2, 0.25) is 23.6 Å². The molecule has 1 aromatic heterocycles. The molecule has 14 nitrogen and oxygen atoms in total. The van der Waals surface area contributed by atoms with Gasteiger partial charge in [0.15, 0.2) is 0 Å². The van der Waals surface area contributed by atoms with Gasteiger partial charge in [-0.15, -0.1) is 15.3 Å². The van der Waals surface area contributed by atoms with E-state index in [-0.39, 0.29) is 24.1 Å². The molecule has 1 aliphatic rings. The predicted octanol–water partition coefficient (Wildman–Crippen LogP) is 4.67. The van der Waals surface area contributed by atoms with Gasteiger partial charge in [-0.25, -0.2) is 10.6 Å². The van der Waals surface area contributed by atoms with Crippen molar-refractivity contribution < 1.29 is 23.5 Å². The van der Waals surface area contributed by atoms with Crippen LogP contribution in [0.1, 0.15) is 49.6 Å². The molecule has 2 bridgehead atoms. The van der Waals surface area contributed by atoms with Crippen LogP contribution in [-0.2, 0) is 14.3 Å². The Morgan fingerprint density at radius 2 is 2.07 bits per heavy atom. The van der Waals surface area contributed by atoms with E-state index in [0.717, 1.165) is 6.42 Å². The third-order valence-electron chi connectivity index (χ3n) is 6.35. The molecule has 2 aromatic carbocycles. The number of carbonyl (C=O) groups excluding carboxylic acids is 3. The van der Waals surface area contributed by atoms with Crippen molar-refractivity contribution in [2.24, 2.45) is 16.0 Å². The van der Waals surface area contributed by atoms with E-state index in [0.29, 0.717) is 52.5 Å². The van der Waals surface area contributed by atoms with Crippen molar-refractivity contribution in [1.82, 2.24) is 15.5 Å². The average molecular weight is 608 g/mol. The molecule has 0 unspecified atom stereocenters. The Hall–Kier alpha value is -5.08. The lowest BCUT2D eigenvalue weighted by Crippen LogP contribution is -2.29. The van der Waals surface area contributed by atoms with E-state index in [1.807, 2.05) is 0 Å². The van der Waals surface area contributed by atoms with Crippen LogP contribution in [-0.4, -0.2) is 48.3 Å². The molecule has 43 heavy (non-hydrogen) atoms. The molecule has 0 spiro atoms. The number of ether oxygens (including phenoxy) is 1. The molecule has 0 saturated heterocycles. The van der Waals surface area contributed by atoms with Crippen molar-refractivity contribution in [3.05, 3.63) is 59.0 Å². The number of carbonyl (C=O) groups is 3. The quantitative estimate of drug-likeness (QED) is 0.0972. The molecule has 2 heterocycles. The van der Waals surface area contributed by atoms with Crippen molar-refractivity contribution in [2.75, 3.05) is 22.8 Å². The summed E-state index contributed by atoms with van der Waals surface area (Å²) in [6.07, 6.45) is 6.37. The fourth-order valence-corrected chi connectivity index (χ4v) is 4.46. The van der Waals surface area contributed by atoms with E-state index in [1.54, 1.807) is 42.5 Å². The van der Waals surface area contributed by atoms with Gasteiger partial charge in [-0.05, 0) is 55.3 Å². The Bertz CT molecular complexity index is 1560. The Kier molecular flexibility index (Phi) is 10.6. The van der Waals surface area contributed by atoms with Crippen LogP contribution in [0.5, 0.6) is 0 Å². The van der Waals surface area contributed by atoms with Crippen LogP contribution in [0.4, 0.5) is 21.9 Å². The topological polar surface area (TPSA) is 189 Å². The summed E-state index contributed by atoms with van der Waals surface area (Å²) in [4.78, 5) is 37.4. The molecule has 224 valence electrons. The molecule has 3 aromatic rings. The van der Waals surface area contributed by atoms with Crippen LogP contribution in [0.2, 0.25) is 5.02 Å². The van der Waals surface area contributed by atoms with Crippen molar-refractivity contribution in [3.8, 4) is 11.5 Å². The Morgan fingerprint density at radius 1 is 1.23 bits per heavy atom. The third-order valence-corrected chi connectivity index (χ3v) is 6.58. The van der Waals surface area contributed by atoms with Gasteiger partial charge in [-0.3, -0.25) is 19.9 Å². The Labute approximate surface area is 252 Å². The Balaban J connectivity index is 1.58. The number of hydrazine groups is 1. The molecule has 1 aliphatic heterocycles. The highest BCUT2D eigenvalue weighted by Gasteiger charge is 2.23. The van der Waals surface area contributed by atoms with E-state index in [4.69, 9.17) is 21.9 Å². The predicted molar refractivity (Wildman–Crippen MR) is 164 cm³/mol. The van der Waals surface area contributed by atoms with E-state index in [9.17, 15) is 14.4 Å². The first-order chi connectivity index (χ1) is 20.8. The summed E-state index contributed by atoms with van der Waals surface area (Å²) in [7, 11) is 1.25. The number of hydrogen-bond acceptors (Lipinski definition) is 10. The summed E-state index contributed by atoms with van der Waals surface area (Å²) in [6.45, 7) is 3.28. The van der Waals surface area contributed by atoms with Gasteiger partial charge in [0.1, 0.15) is 12.4 Å². The van der Waals surface area contributed by atoms with Crippen LogP contribution in [0, 0.1) is 0 Å². The smallest absolute Gasteiger partial charge is 0.411 e. The van der Waals surface area contributed by atoms with Gasteiger partial charge in [0, 0.05) is 35.5 Å². The number of rotatable bonds is 7. The number of amides is 3. The van der Waals surface area contributed by atoms with E-state index in [1.165, 1.54) is 24.5 Å². The van der Waals surface area contributed by atoms with Crippen molar-refractivity contribution in [2.45, 2.75) is 38.1 Å². The maximum atomic E-state index is 13.0. The number of halogens is 1. The molecule has 5 N–H and O–H groups in total. The SMILES string of the molecule is C=N/N=C\N(N)c1ccc(Cl)cc1/C=C/C(=O)N[C@H]1CCCCCC(=O)Nc2cc(NC(=O)OC)ccc2-c2nnc1o2. The van der Waals surface area contributed by atoms with E-state index >= 15 is 0 Å². The molecular weight excluding hydrogens is 578 g/mol. The third kappa shape index (κ3) is 8.47. The Morgan fingerprint density at radius 3 is 2.86 bits per heavy atom. The van der Waals surface area contributed by atoms with Crippen LogP contribution in [0.3, 0.4) is 0 Å². The van der Waals surface area contributed by atoms with Crippen LogP contribution in [0.25, 0.3) is 17.5 Å². The normalized spacial score (nSPS) is 15.4. The molecule has 3 amide bonds. The summed E-state index contributed by atoms with van der Waals surface area (Å²) in [5.41, 5.74) is 2.30. The van der Waals surface area contributed by atoms with Crippen LogP contribution < -0.4 is 26.8 Å². The number of aromatic nitrogens is 2. The molecule has 1 atom stereocenters. The average Bonchev–Trinajstić information content (AvgIpc) is 3.48. The van der Waals surface area contributed by atoms with Crippen molar-refractivity contribution in [1.29, 1.82) is 0 Å². The van der Waals surface area contributed by atoms with Gasteiger partial charge in [-0.2, -0.15) is 5.10 Å². The zero-order valence-electron chi connectivity index (χ0n) is 23.2. The highest BCUT2D eigenvalue weighted by atomic mass is 35.5. The fourth-order valence-electron chi connectivity index (χ4n) is 4.28. The molecule has 0 saturated carbocycles. The largest absolute Gasteiger partial charge is 0.453 e.